The fourth-order valence-electron chi connectivity index (χ4n) is 6.00. The summed E-state index contributed by atoms with van der Waals surface area (Å²) in [5.41, 5.74) is 3.16. The van der Waals surface area contributed by atoms with Crippen molar-refractivity contribution in [1.82, 2.24) is 15.5 Å². The number of aryl methyl sites for hydroxylation is 1. The van der Waals surface area contributed by atoms with Gasteiger partial charge in [0.15, 0.2) is 0 Å². The van der Waals surface area contributed by atoms with Crippen molar-refractivity contribution in [3.05, 3.63) is 142 Å². The minimum absolute atomic E-state index is 0.0275. The van der Waals surface area contributed by atoms with Crippen molar-refractivity contribution in [1.29, 1.82) is 0 Å². The Morgan fingerprint density at radius 3 is 2.28 bits per heavy atom. The van der Waals surface area contributed by atoms with Crippen molar-refractivity contribution in [2.45, 2.75) is 57.1 Å². The van der Waals surface area contributed by atoms with E-state index in [4.69, 9.17) is 0 Å². The SMILES string of the molecule is Cc1cc(C(=O)N[C@@H](Cc2ccccc2)[C@H](O)CNCc2cccc(C(F)(F)F)c2)cc(C(=O)N2CCCC2c2ccccc2)c1. The maximum atomic E-state index is 13.7. The van der Waals surface area contributed by atoms with Gasteiger partial charge in [-0.3, -0.25) is 9.59 Å². The molecule has 4 aromatic carbocycles. The number of likely N-dealkylation sites (tertiary alicyclic amines) is 1. The molecule has 4 aromatic rings. The van der Waals surface area contributed by atoms with Gasteiger partial charge in [0.2, 0.25) is 0 Å². The van der Waals surface area contributed by atoms with Gasteiger partial charge in [0.25, 0.3) is 11.8 Å². The predicted molar refractivity (Wildman–Crippen MR) is 171 cm³/mol. The van der Waals surface area contributed by atoms with Crippen LogP contribution in [0, 0.1) is 6.92 Å². The van der Waals surface area contributed by atoms with Gasteiger partial charge < -0.3 is 20.6 Å². The number of rotatable bonds is 11. The number of nitrogens with zero attached hydrogens (tertiary/aromatic N) is 1. The lowest BCUT2D eigenvalue weighted by atomic mass is 9.99. The summed E-state index contributed by atoms with van der Waals surface area (Å²) < 4.78 is 39.4. The molecule has 240 valence electrons. The molecule has 0 aliphatic carbocycles. The Bertz CT molecular complexity index is 1630. The van der Waals surface area contributed by atoms with Gasteiger partial charge in [-0.05, 0) is 72.7 Å². The third kappa shape index (κ3) is 8.41. The van der Waals surface area contributed by atoms with Gasteiger partial charge in [-0.25, -0.2) is 0 Å². The van der Waals surface area contributed by atoms with Crippen LogP contribution in [0.2, 0.25) is 0 Å². The zero-order chi connectivity index (χ0) is 32.7. The highest BCUT2D eigenvalue weighted by Crippen LogP contribution is 2.33. The highest BCUT2D eigenvalue weighted by atomic mass is 19.4. The maximum Gasteiger partial charge on any atom is 0.416 e. The Labute approximate surface area is 267 Å². The number of carbonyl (C=O) groups is 2. The van der Waals surface area contributed by atoms with Crippen LogP contribution in [-0.2, 0) is 19.1 Å². The number of hydrogen-bond acceptors (Lipinski definition) is 4. The lowest BCUT2D eigenvalue weighted by molar-refractivity contribution is -0.137. The Kier molecular flexibility index (Phi) is 10.6. The molecule has 1 saturated heterocycles. The summed E-state index contributed by atoms with van der Waals surface area (Å²) in [5, 5.41) is 17.2. The van der Waals surface area contributed by atoms with E-state index < -0.39 is 29.8 Å². The van der Waals surface area contributed by atoms with E-state index in [0.717, 1.165) is 41.7 Å². The Morgan fingerprint density at radius 1 is 0.891 bits per heavy atom. The highest BCUT2D eigenvalue weighted by molar-refractivity contribution is 6.00. The average molecular weight is 630 g/mol. The zero-order valence-electron chi connectivity index (χ0n) is 25.6. The molecule has 3 N–H and O–H groups in total. The van der Waals surface area contributed by atoms with E-state index in [1.54, 1.807) is 24.3 Å². The Hall–Kier alpha value is -4.47. The summed E-state index contributed by atoms with van der Waals surface area (Å²) in [6.45, 7) is 2.60. The van der Waals surface area contributed by atoms with Crippen LogP contribution in [-0.4, -0.2) is 47.1 Å². The van der Waals surface area contributed by atoms with Crippen LogP contribution >= 0.6 is 0 Å². The van der Waals surface area contributed by atoms with Gasteiger partial charge in [0, 0.05) is 30.8 Å². The molecule has 5 rings (SSSR count). The summed E-state index contributed by atoms with van der Waals surface area (Å²) in [6, 6.07) is 28.7. The molecule has 2 amide bonds. The van der Waals surface area contributed by atoms with Gasteiger partial charge in [0.05, 0.1) is 23.8 Å². The quantitative estimate of drug-likeness (QED) is 0.177. The van der Waals surface area contributed by atoms with Crippen molar-refractivity contribution < 1.29 is 27.9 Å². The number of benzene rings is 4. The number of halogens is 3. The van der Waals surface area contributed by atoms with Crippen molar-refractivity contribution in [2.75, 3.05) is 13.1 Å². The second kappa shape index (κ2) is 14.7. The third-order valence-electron chi connectivity index (χ3n) is 8.30. The lowest BCUT2D eigenvalue weighted by Crippen LogP contribution is -2.48. The van der Waals surface area contributed by atoms with Crippen LogP contribution in [0.15, 0.2) is 103 Å². The molecular weight excluding hydrogens is 591 g/mol. The van der Waals surface area contributed by atoms with E-state index >= 15 is 0 Å². The van der Waals surface area contributed by atoms with Gasteiger partial charge in [0.1, 0.15) is 0 Å². The average Bonchev–Trinajstić information content (AvgIpc) is 3.54. The third-order valence-corrected chi connectivity index (χ3v) is 8.30. The highest BCUT2D eigenvalue weighted by Gasteiger charge is 2.32. The van der Waals surface area contributed by atoms with E-state index in [-0.39, 0.29) is 25.0 Å². The zero-order valence-corrected chi connectivity index (χ0v) is 25.6. The number of nitrogens with one attached hydrogen (secondary N) is 2. The number of carbonyl (C=O) groups excluding carboxylic acids is 2. The van der Waals surface area contributed by atoms with Crippen LogP contribution in [0.1, 0.15) is 67.4 Å². The van der Waals surface area contributed by atoms with Crippen molar-refractivity contribution >= 4 is 11.8 Å². The number of aliphatic hydroxyl groups is 1. The number of alkyl halides is 3. The summed E-state index contributed by atoms with van der Waals surface area (Å²) >= 11 is 0. The molecule has 1 aliphatic rings. The van der Waals surface area contributed by atoms with E-state index in [0.29, 0.717) is 29.7 Å². The minimum Gasteiger partial charge on any atom is -0.390 e. The van der Waals surface area contributed by atoms with Crippen LogP contribution in [0.3, 0.4) is 0 Å². The molecule has 3 atom stereocenters. The molecule has 46 heavy (non-hydrogen) atoms. The number of hydrogen-bond donors (Lipinski definition) is 3. The Morgan fingerprint density at radius 2 is 1.57 bits per heavy atom. The first-order valence-electron chi connectivity index (χ1n) is 15.5. The van der Waals surface area contributed by atoms with Gasteiger partial charge in [-0.1, -0.05) is 78.9 Å². The Balaban J connectivity index is 1.29. The number of aliphatic hydroxyl groups excluding tert-OH is 1. The molecule has 0 aromatic heterocycles. The molecular formula is C37H38F3N3O3. The van der Waals surface area contributed by atoms with E-state index in [1.165, 1.54) is 6.07 Å². The number of amides is 2. The molecule has 1 fully saturated rings. The molecule has 1 heterocycles. The fraction of sp³-hybridized carbons (Fsp3) is 0.297. The molecule has 9 heteroatoms. The topological polar surface area (TPSA) is 81.7 Å². The van der Waals surface area contributed by atoms with E-state index in [2.05, 4.69) is 10.6 Å². The summed E-state index contributed by atoms with van der Waals surface area (Å²) in [4.78, 5) is 29.2. The van der Waals surface area contributed by atoms with Crippen LogP contribution < -0.4 is 10.6 Å². The van der Waals surface area contributed by atoms with Crippen LogP contribution in [0.5, 0.6) is 0 Å². The smallest absolute Gasteiger partial charge is 0.390 e. The standard InChI is InChI=1S/C37H38F3N3O3/c1-25-18-29(22-30(19-25)36(46)43-17-9-16-33(43)28-13-6-3-7-14-28)35(45)42-32(21-26-10-4-2-5-11-26)34(44)24-41-23-27-12-8-15-31(20-27)37(38,39)40/h2-8,10-15,18-20,22,32-34,41,44H,9,16-17,21,23-24H2,1H3,(H,42,45)/t32-,33?,34+/m0/s1. The van der Waals surface area contributed by atoms with Crippen molar-refractivity contribution in [2.24, 2.45) is 0 Å². The van der Waals surface area contributed by atoms with Gasteiger partial charge in [-0.15, -0.1) is 0 Å². The minimum atomic E-state index is -4.45. The van der Waals surface area contributed by atoms with E-state index in [9.17, 15) is 27.9 Å². The summed E-state index contributed by atoms with van der Waals surface area (Å²) in [5.74, 6) is -0.569. The lowest BCUT2D eigenvalue weighted by Gasteiger charge is -2.26. The molecule has 1 aliphatic heterocycles. The first-order valence-corrected chi connectivity index (χ1v) is 15.5. The molecule has 0 bridgehead atoms. The maximum absolute atomic E-state index is 13.7. The van der Waals surface area contributed by atoms with Crippen LogP contribution in [0.25, 0.3) is 0 Å². The summed E-state index contributed by atoms with van der Waals surface area (Å²) in [7, 11) is 0. The van der Waals surface area contributed by atoms with Gasteiger partial charge in [-0.2, -0.15) is 13.2 Å². The second-order valence-electron chi connectivity index (χ2n) is 11.8. The monoisotopic (exact) mass is 629 g/mol. The molecule has 6 nitrogen and oxygen atoms in total. The van der Waals surface area contributed by atoms with Crippen LogP contribution in [0.4, 0.5) is 13.2 Å². The second-order valence-corrected chi connectivity index (χ2v) is 11.8. The largest absolute Gasteiger partial charge is 0.416 e. The van der Waals surface area contributed by atoms with Crippen molar-refractivity contribution in [3.8, 4) is 0 Å². The first kappa shape index (κ1) is 32.9. The van der Waals surface area contributed by atoms with E-state index in [1.807, 2.05) is 72.5 Å². The molecule has 0 saturated carbocycles. The van der Waals surface area contributed by atoms with Gasteiger partial charge >= 0.3 is 6.18 Å². The normalized spacial score (nSPS) is 16.2. The molecule has 0 spiro atoms. The fourth-order valence-corrected chi connectivity index (χ4v) is 6.00. The molecule has 0 radical (unpaired) electrons. The summed E-state index contributed by atoms with van der Waals surface area (Å²) in [6.07, 6.45) is -3.42. The van der Waals surface area contributed by atoms with Crippen molar-refractivity contribution in [3.63, 3.8) is 0 Å². The molecule has 1 unspecified atom stereocenters. The first-order chi connectivity index (χ1) is 22.1. The predicted octanol–water partition coefficient (Wildman–Crippen LogP) is 6.48.